The van der Waals surface area contributed by atoms with Gasteiger partial charge in [0.15, 0.2) is 0 Å². The lowest BCUT2D eigenvalue weighted by atomic mass is 9.89. The molecule has 238 valence electrons. The van der Waals surface area contributed by atoms with Crippen LogP contribution in [0.2, 0.25) is 0 Å². The highest BCUT2D eigenvalue weighted by Gasteiger charge is 2.46. The Hall–Kier alpha value is -4.40. The van der Waals surface area contributed by atoms with Gasteiger partial charge in [0.25, 0.3) is 0 Å². The predicted octanol–water partition coefficient (Wildman–Crippen LogP) is 3.19. The zero-order valence-corrected chi connectivity index (χ0v) is 25.8. The van der Waals surface area contributed by atoms with Crippen molar-refractivity contribution in [3.63, 3.8) is 0 Å². The minimum absolute atomic E-state index is 0.0542. The maximum atomic E-state index is 14.0. The first-order chi connectivity index (χ1) is 21.4. The molecule has 0 saturated carbocycles. The van der Waals surface area contributed by atoms with E-state index in [0.717, 1.165) is 11.6 Å². The third kappa shape index (κ3) is 7.47. The highest BCUT2D eigenvalue weighted by Crippen LogP contribution is 2.31. The molecule has 2 atom stereocenters. The molecule has 1 unspecified atom stereocenters. The Morgan fingerprint density at radius 3 is 2.58 bits per heavy atom. The van der Waals surface area contributed by atoms with Crippen molar-refractivity contribution in [3.8, 4) is 0 Å². The van der Waals surface area contributed by atoms with Crippen LogP contribution >= 0.6 is 11.8 Å². The molecule has 1 saturated heterocycles. The lowest BCUT2D eigenvalue weighted by Crippen LogP contribution is -2.82. The standard InChI is InChI=1S/C31H34F2N6O5S/c1-18-15-31(36-2,11-12-39(18)30(43)44-17-19-7-5-4-6-8-19)38(3)29(42)25-27(41)26(40)22(16-37-25)28(35)45-24(34)13-20-9-10-21(32)14-23(20)33/h4-10,14,16,18,34-36,41H,11-13,15,17H2,1-3H3,(H,37,40)/p+1/t18-,31?/m1/s1. The van der Waals surface area contributed by atoms with Crippen LogP contribution in [0.25, 0.3) is 0 Å². The van der Waals surface area contributed by atoms with E-state index in [1.807, 2.05) is 37.3 Å². The number of aliphatic hydroxyl groups excluding tert-OH is 1. The number of nitrogens with one attached hydrogen (secondary N) is 3. The van der Waals surface area contributed by atoms with Crippen LogP contribution in [0.1, 0.15) is 30.9 Å². The van der Waals surface area contributed by atoms with E-state index in [9.17, 15) is 28.3 Å². The van der Waals surface area contributed by atoms with Gasteiger partial charge in [-0.15, -0.1) is 0 Å². The van der Waals surface area contributed by atoms with Gasteiger partial charge in [-0.2, -0.15) is 0 Å². The minimum atomic E-state index is -0.963. The Morgan fingerprint density at radius 2 is 1.93 bits per heavy atom. The van der Waals surface area contributed by atoms with Gasteiger partial charge < -0.3 is 19.6 Å². The first-order valence-electron chi connectivity index (χ1n) is 14.1. The highest BCUT2D eigenvalue weighted by molar-refractivity contribution is 8.26. The Labute approximate surface area is 263 Å². The van der Waals surface area contributed by atoms with E-state index in [0.29, 0.717) is 30.7 Å². The van der Waals surface area contributed by atoms with Gasteiger partial charge in [0.2, 0.25) is 17.2 Å². The summed E-state index contributed by atoms with van der Waals surface area (Å²) in [7, 11) is 3.23. The smallest absolute Gasteiger partial charge is 0.410 e. The molecule has 0 spiro atoms. The lowest BCUT2D eigenvalue weighted by Gasteiger charge is -2.49. The fraction of sp³-hybridized carbons (Fsp3) is 0.323. The third-order valence-corrected chi connectivity index (χ3v) is 8.80. The number of carbonyl (C=O) groups is 3. The largest absolute Gasteiger partial charge is 0.500 e. The van der Waals surface area contributed by atoms with Crippen molar-refractivity contribution < 1.29 is 38.3 Å². The number of aliphatic hydroxyl groups is 1. The number of nitrogens with zero attached hydrogens (tertiary/aromatic N) is 2. The number of carbonyl (C=O) groups excluding carboxylic acids is 3. The van der Waals surface area contributed by atoms with Crippen LogP contribution in [0.4, 0.5) is 13.6 Å². The zero-order chi connectivity index (χ0) is 32.9. The number of nitrogens with two attached hydrogens (primary N) is 1. The van der Waals surface area contributed by atoms with Gasteiger partial charge in [0.05, 0.1) is 10.7 Å². The molecule has 2 amide bonds. The van der Waals surface area contributed by atoms with Crippen molar-refractivity contribution >= 4 is 39.6 Å². The van der Waals surface area contributed by atoms with Gasteiger partial charge in [0, 0.05) is 45.0 Å². The Balaban J connectivity index is 1.38. The summed E-state index contributed by atoms with van der Waals surface area (Å²) in [4.78, 5) is 42.5. The van der Waals surface area contributed by atoms with E-state index >= 15 is 0 Å². The second kappa shape index (κ2) is 14.1. The molecule has 4 rings (SSSR count). The second-order valence-electron chi connectivity index (χ2n) is 10.8. The van der Waals surface area contributed by atoms with Gasteiger partial charge >= 0.3 is 12.0 Å². The molecular weight excluding hydrogens is 606 g/mol. The van der Waals surface area contributed by atoms with Crippen LogP contribution in [0.5, 0.6) is 0 Å². The average Bonchev–Trinajstić information content (AvgIpc) is 3.02. The monoisotopic (exact) mass is 641 g/mol. The SMILES string of the molecule is CNC1(N(C)C(=O)C2=C(O)C(=O)C(C(=N)SC(=N)Cc3ccc(F)cc3F)=C[NH2+]2)CCN(C(=O)OCc2ccccc2)[C@H](C)C1. The molecule has 0 radical (unpaired) electrons. The first kappa shape index (κ1) is 33.5. The number of hydrogen-bond acceptors (Lipinski definition) is 9. The Bertz CT molecular complexity index is 1580. The fourth-order valence-electron chi connectivity index (χ4n) is 5.35. The van der Waals surface area contributed by atoms with Crippen molar-refractivity contribution in [1.82, 2.24) is 15.1 Å². The number of Topliss-reactive ketones (excluding diaryl/α,β-unsaturated/α-hetero) is 1. The van der Waals surface area contributed by atoms with E-state index < -0.39 is 40.8 Å². The summed E-state index contributed by atoms with van der Waals surface area (Å²) in [6.07, 6.45) is 1.22. The second-order valence-corrected chi connectivity index (χ2v) is 11.9. The van der Waals surface area contributed by atoms with Crippen LogP contribution in [0.3, 0.4) is 0 Å². The molecule has 6 N–H and O–H groups in total. The van der Waals surface area contributed by atoms with Gasteiger partial charge in [-0.05, 0) is 31.2 Å². The predicted molar refractivity (Wildman–Crippen MR) is 164 cm³/mol. The molecule has 2 aliphatic heterocycles. The summed E-state index contributed by atoms with van der Waals surface area (Å²) in [5.74, 6) is -4.03. The van der Waals surface area contributed by atoms with E-state index in [1.54, 1.807) is 19.0 Å². The molecule has 14 heteroatoms. The molecule has 45 heavy (non-hydrogen) atoms. The molecule has 11 nitrogen and oxygen atoms in total. The normalized spacial score (nSPS) is 20.0. The van der Waals surface area contributed by atoms with Crippen molar-refractivity contribution in [1.29, 1.82) is 10.8 Å². The summed E-state index contributed by atoms with van der Waals surface area (Å²) in [6, 6.07) is 12.0. The van der Waals surface area contributed by atoms with Crippen LogP contribution in [0, 0.1) is 22.5 Å². The van der Waals surface area contributed by atoms with E-state index in [-0.39, 0.29) is 52.5 Å². The summed E-state index contributed by atoms with van der Waals surface area (Å²) < 4.78 is 32.7. The van der Waals surface area contributed by atoms with Crippen molar-refractivity contribution in [2.45, 2.75) is 44.5 Å². The number of amides is 2. The molecule has 0 aromatic heterocycles. The van der Waals surface area contributed by atoms with Crippen LogP contribution < -0.4 is 10.6 Å². The Morgan fingerprint density at radius 1 is 1.22 bits per heavy atom. The quantitative estimate of drug-likeness (QED) is 0.168. The third-order valence-electron chi connectivity index (χ3n) is 7.98. The summed E-state index contributed by atoms with van der Waals surface area (Å²) in [6.45, 7) is 2.27. The van der Waals surface area contributed by atoms with Gasteiger partial charge in [0.1, 0.15) is 35.1 Å². The van der Waals surface area contributed by atoms with E-state index in [1.165, 1.54) is 22.5 Å². The van der Waals surface area contributed by atoms with E-state index in [4.69, 9.17) is 15.6 Å². The molecular formula is C31H35F2N6O5S+. The van der Waals surface area contributed by atoms with Crippen molar-refractivity contribution in [2.75, 3.05) is 20.6 Å². The summed E-state index contributed by atoms with van der Waals surface area (Å²) >= 11 is 0.582. The van der Waals surface area contributed by atoms with Gasteiger partial charge in [-0.1, -0.05) is 48.2 Å². The van der Waals surface area contributed by atoms with Crippen molar-refractivity contribution in [2.24, 2.45) is 0 Å². The van der Waals surface area contributed by atoms with Crippen LogP contribution in [-0.4, -0.2) is 75.1 Å². The minimum Gasteiger partial charge on any atom is -0.500 e. The van der Waals surface area contributed by atoms with Crippen LogP contribution in [0.15, 0.2) is 71.8 Å². The number of ether oxygens (including phenoxy) is 1. The van der Waals surface area contributed by atoms with Crippen LogP contribution in [-0.2, 0) is 27.4 Å². The number of halogens is 2. The number of allylic oxidation sites excluding steroid dienone is 1. The number of benzene rings is 2. The summed E-state index contributed by atoms with van der Waals surface area (Å²) in [5.41, 5.74) is -0.492. The average molecular weight is 642 g/mol. The fourth-order valence-corrected chi connectivity index (χ4v) is 6.09. The van der Waals surface area contributed by atoms with Crippen molar-refractivity contribution in [3.05, 3.63) is 94.5 Å². The zero-order valence-electron chi connectivity index (χ0n) is 25.0. The topological polar surface area (TPSA) is 163 Å². The molecule has 0 aliphatic carbocycles. The number of hydrogen-bond donors (Lipinski definition) is 5. The van der Waals surface area contributed by atoms with Gasteiger partial charge in [-0.25, -0.2) is 13.6 Å². The van der Waals surface area contributed by atoms with E-state index in [2.05, 4.69) is 5.32 Å². The molecule has 2 aromatic rings. The molecule has 2 heterocycles. The summed E-state index contributed by atoms with van der Waals surface area (Å²) in [5, 5.41) is 31.1. The number of thioether (sulfide) groups is 1. The molecule has 0 bridgehead atoms. The number of piperidine rings is 1. The maximum Gasteiger partial charge on any atom is 0.410 e. The number of quaternary nitrogens is 1. The van der Waals surface area contributed by atoms with Gasteiger partial charge in [-0.3, -0.25) is 31.0 Å². The molecule has 2 aliphatic rings. The molecule has 2 aromatic carbocycles. The Kier molecular flexibility index (Phi) is 10.5. The maximum absolute atomic E-state index is 14.0. The highest BCUT2D eigenvalue weighted by atomic mass is 32.2. The number of ketones is 1. The number of likely N-dealkylation sites (N-methyl/N-ethyl adjacent to an activating group) is 1. The first-order valence-corrected chi connectivity index (χ1v) is 14.9. The number of rotatable bonds is 8. The number of likely N-dealkylation sites (tertiary alicyclic amines) is 1. The lowest BCUT2D eigenvalue weighted by molar-refractivity contribution is -0.532. The molecule has 1 fully saturated rings.